The lowest BCUT2D eigenvalue weighted by atomic mass is 10.2. The van der Waals surface area contributed by atoms with Gasteiger partial charge in [0.1, 0.15) is 5.82 Å². The van der Waals surface area contributed by atoms with E-state index in [1.54, 1.807) is 42.6 Å². The Morgan fingerprint density at radius 3 is 2.15 bits per heavy atom. The minimum absolute atomic E-state index is 0.140. The van der Waals surface area contributed by atoms with Gasteiger partial charge in [0, 0.05) is 42.8 Å². The second kappa shape index (κ2) is 8.14. The first-order valence-electron chi connectivity index (χ1n) is 8.47. The van der Waals surface area contributed by atoms with Crippen LogP contribution in [0.5, 0.6) is 0 Å². The van der Waals surface area contributed by atoms with E-state index in [9.17, 15) is 9.59 Å². The molecule has 136 valence electrons. The average Bonchev–Trinajstić information content (AvgIpc) is 2.69. The Hall–Kier alpha value is -3.67. The Balaban J connectivity index is 1.73. The number of pyridine rings is 1. The van der Waals surface area contributed by atoms with Gasteiger partial charge in [-0.05, 0) is 48.5 Å². The summed E-state index contributed by atoms with van der Waals surface area (Å²) in [4.78, 5) is 29.9. The third-order valence-corrected chi connectivity index (χ3v) is 3.96. The number of carbonyl (C=O) groups is 2. The lowest BCUT2D eigenvalue weighted by Gasteiger charge is -2.18. The molecule has 0 unspecified atom stereocenters. The van der Waals surface area contributed by atoms with Crippen molar-refractivity contribution < 1.29 is 9.59 Å². The zero-order valence-electron chi connectivity index (χ0n) is 15.1. The summed E-state index contributed by atoms with van der Waals surface area (Å²) in [6.45, 7) is 1.45. The Morgan fingerprint density at radius 1 is 0.889 bits per heavy atom. The van der Waals surface area contributed by atoms with Gasteiger partial charge in [-0.1, -0.05) is 18.2 Å². The topological polar surface area (TPSA) is 74.3 Å². The van der Waals surface area contributed by atoms with Crippen molar-refractivity contribution in [2.75, 3.05) is 22.6 Å². The average molecular weight is 360 g/mol. The molecule has 0 aliphatic heterocycles. The molecule has 0 fully saturated rings. The molecular formula is C21H20N4O2. The number of aromatic nitrogens is 1. The van der Waals surface area contributed by atoms with Gasteiger partial charge < -0.3 is 15.5 Å². The number of nitrogens with zero attached hydrogens (tertiary/aromatic N) is 2. The Labute approximate surface area is 157 Å². The molecule has 2 aromatic carbocycles. The van der Waals surface area contributed by atoms with Crippen molar-refractivity contribution >= 4 is 34.7 Å². The molecule has 0 aliphatic rings. The van der Waals surface area contributed by atoms with Gasteiger partial charge in [0.05, 0.1) is 0 Å². The maximum atomic E-state index is 12.6. The molecule has 0 aliphatic carbocycles. The van der Waals surface area contributed by atoms with Crippen molar-refractivity contribution in [3.05, 3.63) is 78.5 Å². The van der Waals surface area contributed by atoms with Gasteiger partial charge in [0.15, 0.2) is 0 Å². The lowest BCUT2D eigenvalue weighted by Crippen LogP contribution is -2.15. The minimum atomic E-state index is -0.229. The summed E-state index contributed by atoms with van der Waals surface area (Å²) in [5, 5.41) is 5.53. The molecule has 0 radical (unpaired) electrons. The summed E-state index contributed by atoms with van der Waals surface area (Å²) < 4.78 is 0. The number of para-hydroxylation sites is 1. The van der Waals surface area contributed by atoms with Crippen LogP contribution in [0.25, 0.3) is 0 Å². The van der Waals surface area contributed by atoms with Gasteiger partial charge in [-0.3, -0.25) is 9.59 Å². The number of nitrogens with one attached hydrogen (secondary N) is 2. The van der Waals surface area contributed by atoms with Crippen molar-refractivity contribution in [2.24, 2.45) is 0 Å². The summed E-state index contributed by atoms with van der Waals surface area (Å²) in [6, 6.07) is 20.2. The number of hydrogen-bond acceptors (Lipinski definition) is 4. The van der Waals surface area contributed by atoms with Crippen molar-refractivity contribution in [3.8, 4) is 0 Å². The first-order valence-corrected chi connectivity index (χ1v) is 8.47. The third-order valence-electron chi connectivity index (χ3n) is 3.96. The Kier molecular flexibility index (Phi) is 5.47. The standard InChI is InChI=1S/C21H20N4O2/c1-15(26)23-17-8-10-18(11-9-17)24-21(27)16-12-13-22-20(14-16)25(2)19-6-4-3-5-7-19/h3-14H,1-2H3,(H,23,26)(H,24,27). The highest BCUT2D eigenvalue weighted by molar-refractivity contribution is 6.04. The highest BCUT2D eigenvalue weighted by Gasteiger charge is 2.11. The molecule has 6 nitrogen and oxygen atoms in total. The minimum Gasteiger partial charge on any atom is -0.329 e. The second-order valence-corrected chi connectivity index (χ2v) is 6.01. The van der Waals surface area contributed by atoms with E-state index >= 15 is 0 Å². The van der Waals surface area contributed by atoms with E-state index in [-0.39, 0.29) is 11.8 Å². The zero-order valence-corrected chi connectivity index (χ0v) is 15.1. The first-order chi connectivity index (χ1) is 13.0. The maximum absolute atomic E-state index is 12.6. The van der Waals surface area contributed by atoms with E-state index in [0.717, 1.165) is 5.69 Å². The van der Waals surface area contributed by atoms with Crippen LogP contribution >= 0.6 is 0 Å². The predicted molar refractivity (Wildman–Crippen MR) is 107 cm³/mol. The van der Waals surface area contributed by atoms with E-state index in [4.69, 9.17) is 0 Å². The predicted octanol–water partition coefficient (Wildman–Crippen LogP) is 4.06. The van der Waals surface area contributed by atoms with E-state index in [2.05, 4.69) is 15.6 Å². The number of benzene rings is 2. The molecular weight excluding hydrogens is 340 g/mol. The lowest BCUT2D eigenvalue weighted by molar-refractivity contribution is -0.114. The molecule has 6 heteroatoms. The molecule has 3 aromatic rings. The molecule has 2 N–H and O–H groups in total. The normalized spacial score (nSPS) is 10.1. The van der Waals surface area contributed by atoms with Gasteiger partial charge in [0.2, 0.25) is 5.91 Å². The smallest absolute Gasteiger partial charge is 0.255 e. The van der Waals surface area contributed by atoms with Gasteiger partial charge >= 0.3 is 0 Å². The van der Waals surface area contributed by atoms with Gasteiger partial charge in [-0.15, -0.1) is 0 Å². The monoisotopic (exact) mass is 360 g/mol. The largest absolute Gasteiger partial charge is 0.329 e. The molecule has 3 rings (SSSR count). The van der Waals surface area contributed by atoms with Crippen molar-refractivity contribution in [1.82, 2.24) is 4.98 Å². The van der Waals surface area contributed by atoms with E-state index in [1.807, 2.05) is 42.3 Å². The molecule has 2 amide bonds. The fourth-order valence-electron chi connectivity index (χ4n) is 2.57. The number of hydrogen-bond donors (Lipinski definition) is 2. The fraction of sp³-hybridized carbons (Fsp3) is 0.0952. The molecule has 0 saturated heterocycles. The number of anilines is 4. The van der Waals surface area contributed by atoms with Crippen molar-refractivity contribution in [1.29, 1.82) is 0 Å². The second-order valence-electron chi connectivity index (χ2n) is 6.01. The molecule has 0 bridgehead atoms. The summed E-state index contributed by atoms with van der Waals surface area (Å²) in [7, 11) is 1.90. The van der Waals surface area contributed by atoms with Crippen LogP contribution in [0.1, 0.15) is 17.3 Å². The van der Waals surface area contributed by atoms with E-state index < -0.39 is 0 Å². The molecule has 1 heterocycles. The first kappa shape index (κ1) is 18.1. The SMILES string of the molecule is CC(=O)Nc1ccc(NC(=O)c2ccnc(N(C)c3ccccc3)c2)cc1. The van der Waals surface area contributed by atoms with E-state index in [0.29, 0.717) is 22.8 Å². The summed E-state index contributed by atoms with van der Waals surface area (Å²) in [6.07, 6.45) is 1.61. The Morgan fingerprint density at radius 2 is 1.52 bits per heavy atom. The number of carbonyl (C=O) groups excluding carboxylic acids is 2. The van der Waals surface area contributed by atoms with Gasteiger partial charge in [-0.25, -0.2) is 4.98 Å². The van der Waals surface area contributed by atoms with E-state index in [1.165, 1.54) is 6.92 Å². The van der Waals surface area contributed by atoms with Crippen LogP contribution in [-0.2, 0) is 4.79 Å². The molecule has 0 saturated carbocycles. The Bertz CT molecular complexity index is 940. The molecule has 1 aromatic heterocycles. The van der Waals surface area contributed by atoms with Gasteiger partial charge in [-0.2, -0.15) is 0 Å². The molecule has 27 heavy (non-hydrogen) atoms. The quantitative estimate of drug-likeness (QED) is 0.719. The van der Waals surface area contributed by atoms with Crippen LogP contribution in [0, 0.1) is 0 Å². The highest BCUT2D eigenvalue weighted by atomic mass is 16.2. The number of amides is 2. The third kappa shape index (κ3) is 4.70. The molecule has 0 spiro atoms. The van der Waals surface area contributed by atoms with Crippen LogP contribution in [-0.4, -0.2) is 23.8 Å². The zero-order chi connectivity index (χ0) is 19.2. The maximum Gasteiger partial charge on any atom is 0.255 e. The van der Waals surface area contributed by atoms with Crippen LogP contribution in [0.3, 0.4) is 0 Å². The summed E-state index contributed by atoms with van der Waals surface area (Å²) >= 11 is 0. The van der Waals surface area contributed by atoms with Crippen LogP contribution < -0.4 is 15.5 Å². The molecule has 0 atom stereocenters. The van der Waals surface area contributed by atoms with Crippen LogP contribution in [0.4, 0.5) is 22.9 Å². The van der Waals surface area contributed by atoms with Crippen LogP contribution in [0.2, 0.25) is 0 Å². The number of rotatable bonds is 5. The summed E-state index contributed by atoms with van der Waals surface area (Å²) in [5.41, 5.74) is 2.81. The fourth-order valence-corrected chi connectivity index (χ4v) is 2.57. The summed E-state index contributed by atoms with van der Waals surface area (Å²) in [5.74, 6) is 0.306. The van der Waals surface area contributed by atoms with Crippen molar-refractivity contribution in [2.45, 2.75) is 6.92 Å². The van der Waals surface area contributed by atoms with Crippen LogP contribution in [0.15, 0.2) is 72.9 Å². The van der Waals surface area contributed by atoms with Gasteiger partial charge in [0.25, 0.3) is 5.91 Å². The highest BCUT2D eigenvalue weighted by Crippen LogP contribution is 2.22. The van der Waals surface area contributed by atoms with Crippen molar-refractivity contribution in [3.63, 3.8) is 0 Å².